The average molecular weight is 289 g/mol. The summed E-state index contributed by atoms with van der Waals surface area (Å²) in [4.78, 5) is 5.31. The van der Waals surface area contributed by atoms with E-state index in [1.165, 1.54) is 32.5 Å². The highest BCUT2D eigenvalue weighted by molar-refractivity contribution is 5.43. The van der Waals surface area contributed by atoms with Gasteiger partial charge >= 0.3 is 0 Å². The van der Waals surface area contributed by atoms with Gasteiger partial charge in [-0.1, -0.05) is 6.07 Å². The molecular formula is C17H27N3O. The second-order valence-corrected chi connectivity index (χ2v) is 6.41. The van der Waals surface area contributed by atoms with Crippen LogP contribution >= 0.6 is 0 Å². The number of nitrogens with zero attached hydrogens (tertiary/aromatic N) is 2. The van der Waals surface area contributed by atoms with Crippen molar-refractivity contribution in [3.05, 3.63) is 24.3 Å². The maximum atomic E-state index is 5.78. The number of nitrogens with two attached hydrogens (primary N) is 1. The lowest BCUT2D eigenvalue weighted by Crippen LogP contribution is -2.55. The van der Waals surface area contributed by atoms with Crippen molar-refractivity contribution in [2.75, 3.05) is 38.5 Å². The first-order valence-electron chi connectivity index (χ1n) is 8.19. The molecule has 0 saturated carbocycles. The number of benzene rings is 1. The molecule has 2 N–H and O–H groups in total. The van der Waals surface area contributed by atoms with Crippen LogP contribution in [0.15, 0.2) is 24.3 Å². The van der Waals surface area contributed by atoms with E-state index < -0.39 is 0 Å². The molecule has 2 heterocycles. The van der Waals surface area contributed by atoms with Gasteiger partial charge in [-0.15, -0.1) is 0 Å². The summed E-state index contributed by atoms with van der Waals surface area (Å²) in [6.45, 7) is 8.03. The predicted molar refractivity (Wildman–Crippen MR) is 86.6 cm³/mol. The Morgan fingerprint density at radius 2 is 2.24 bits per heavy atom. The van der Waals surface area contributed by atoms with Gasteiger partial charge in [0.05, 0.1) is 6.61 Å². The topological polar surface area (TPSA) is 41.7 Å². The second kappa shape index (κ2) is 6.67. The number of anilines is 1. The first kappa shape index (κ1) is 14.7. The molecule has 0 aromatic heterocycles. The van der Waals surface area contributed by atoms with Gasteiger partial charge in [-0.2, -0.15) is 0 Å². The predicted octanol–water partition coefficient (Wildman–Crippen LogP) is 2.21. The Labute approximate surface area is 127 Å². The molecule has 2 aliphatic heterocycles. The molecule has 1 aromatic rings. The largest absolute Gasteiger partial charge is 0.493 e. The zero-order valence-corrected chi connectivity index (χ0v) is 13.0. The number of nitrogen functional groups attached to an aromatic ring is 1. The highest BCUT2D eigenvalue weighted by Crippen LogP contribution is 2.24. The summed E-state index contributed by atoms with van der Waals surface area (Å²) in [5.74, 6) is 0.878. The molecule has 1 aromatic carbocycles. The maximum absolute atomic E-state index is 5.78. The molecule has 2 aliphatic rings. The Morgan fingerprint density at radius 3 is 3.10 bits per heavy atom. The van der Waals surface area contributed by atoms with Gasteiger partial charge in [-0.3, -0.25) is 9.80 Å². The van der Waals surface area contributed by atoms with E-state index in [4.69, 9.17) is 10.5 Å². The lowest BCUT2D eigenvalue weighted by Gasteiger charge is -2.42. The fourth-order valence-corrected chi connectivity index (χ4v) is 3.62. The summed E-state index contributed by atoms with van der Waals surface area (Å²) in [6, 6.07) is 9.15. The van der Waals surface area contributed by atoms with Crippen molar-refractivity contribution in [2.45, 2.75) is 38.3 Å². The number of piperazine rings is 1. The maximum Gasteiger partial charge on any atom is 0.121 e. The third-order valence-corrected chi connectivity index (χ3v) is 4.78. The standard InChI is InChI=1S/C17H27N3O/c1-14-12-20-8-3-6-16(20)13-19(14)9-4-10-21-17-7-2-5-15(18)11-17/h2,5,7,11,14,16H,3-4,6,8-10,12-13,18H2,1H3. The monoisotopic (exact) mass is 289 g/mol. The van der Waals surface area contributed by atoms with E-state index >= 15 is 0 Å². The number of fused-ring (bicyclic) bond motifs is 1. The molecular weight excluding hydrogens is 262 g/mol. The highest BCUT2D eigenvalue weighted by atomic mass is 16.5. The molecule has 0 amide bonds. The Kier molecular flexibility index (Phi) is 4.66. The van der Waals surface area contributed by atoms with Crippen molar-refractivity contribution in [1.29, 1.82) is 0 Å². The van der Waals surface area contributed by atoms with E-state index in [-0.39, 0.29) is 0 Å². The SMILES string of the molecule is CC1CN2CCCC2CN1CCCOc1cccc(N)c1. The average Bonchev–Trinajstić information content (AvgIpc) is 2.90. The fraction of sp³-hybridized carbons (Fsp3) is 0.647. The molecule has 4 nitrogen and oxygen atoms in total. The molecule has 4 heteroatoms. The molecule has 3 rings (SSSR count). The van der Waals surface area contributed by atoms with Crippen LogP contribution in [-0.2, 0) is 0 Å². The van der Waals surface area contributed by atoms with E-state index in [1.807, 2.05) is 24.3 Å². The van der Waals surface area contributed by atoms with Crippen LogP contribution in [-0.4, -0.2) is 54.7 Å². The minimum atomic E-state index is 0.673. The molecule has 2 atom stereocenters. The second-order valence-electron chi connectivity index (χ2n) is 6.41. The molecule has 0 radical (unpaired) electrons. The van der Waals surface area contributed by atoms with Gasteiger partial charge < -0.3 is 10.5 Å². The van der Waals surface area contributed by atoms with Crippen LogP contribution in [0, 0.1) is 0 Å². The van der Waals surface area contributed by atoms with E-state index in [2.05, 4.69) is 16.7 Å². The highest BCUT2D eigenvalue weighted by Gasteiger charge is 2.33. The number of hydrogen-bond acceptors (Lipinski definition) is 4. The molecule has 2 unspecified atom stereocenters. The summed E-state index contributed by atoms with van der Waals surface area (Å²) in [6.07, 6.45) is 3.83. The molecule has 21 heavy (non-hydrogen) atoms. The Balaban J connectivity index is 1.41. The van der Waals surface area contributed by atoms with Gasteiger partial charge in [-0.05, 0) is 44.9 Å². The van der Waals surface area contributed by atoms with Crippen LogP contribution in [0.5, 0.6) is 5.75 Å². The lowest BCUT2D eigenvalue weighted by atomic mass is 10.1. The van der Waals surface area contributed by atoms with Crippen molar-refractivity contribution in [3.63, 3.8) is 0 Å². The van der Waals surface area contributed by atoms with Crippen LogP contribution in [0.2, 0.25) is 0 Å². The van der Waals surface area contributed by atoms with Gasteiger partial charge in [0.2, 0.25) is 0 Å². The third kappa shape index (κ3) is 3.69. The van der Waals surface area contributed by atoms with Gasteiger partial charge in [-0.25, -0.2) is 0 Å². The van der Waals surface area contributed by atoms with Crippen LogP contribution in [0.1, 0.15) is 26.2 Å². The summed E-state index contributed by atoms with van der Waals surface area (Å²) in [5.41, 5.74) is 6.52. The molecule has 116 valence electrons. The van der Waals surface area contributed by atoms with Crippen molar-refractivity contribution in [3.8, 4) is 5.75 Å². The molecule has 2 saturated heterocycles. The minimum Gasteiger partial charge on any atom is -0.493 e. The minimum absolute atomic E-state index is 0.673. The summed E-state index contributed by atoms with van der Waals surface area (Å²) in [7, 11) is 0. The number of ether oxygens (including phenoxy) is 1. The first-order chi connectivity index (χ1) is 10.2. The van der Waals surface area contributed by atoms with E-state index in [9.17, 15) is 0 Å². The zero-order chi connectivity index (χ0) is 14.7. The lowest BCUT2D eigenvalue weighted by molar-refractivity contribution is 0.0559. The van der Waals surface area contributed by atoms with Gasteiger partial charge in [0.15, 0.2) is 0 Å². The molecule has 2 fully saturated rings. The molecule has 0 aliphatic carbocycles. The third-order valence-electron chi connectivity index (χ3n) is 4.78. The summed E-state index contributed by atoms with van der Waals surface area (Å²) >= 11 is 0. The van der Waals surface area contributed by atoms with Crippen LogP contribution < -0.4 is 10.5 Å². The van der Waals surface area contributed by atoms with E-state index in [1.54, 1.807) is 0 Å². The van der Waals surface area contributed by atoms with Crippen LogP contribution in [0.25, 0.3) is 0 Å². The normalized spacial score (nSPS) is 26.7. The van der Waals surface area contributed by atoms with Gasteiger partial charge in [0.25, 0.3) is 0 Å². The van der Waals surface area contributed by atoms with Crippen LogP contribution in [0.4, 0.5) is 5.69 Å². The van der Waals surface area contributed by atoms with Gasteiger partial charge in [0.1, 0.15) is 5.75 Å². The number of rotatable bonds is 5. The molecule has 0 bridgehead atoms. The number of hydrogen-bond donors (Lipinski definition) is 1. The Bertz CT molecular complexity index is 465. The molecule has 0 spiro atoms. The Hall–Kier alpha value is -1.26. The van der Waals surface area contributed by atoms with Crippen LogP contribution in [0.3, 0.4) is 0 Å². The first-order valence-corrected chi connectivity index (χ1v) is 8.19. The Morgan fingerprint density at radius 1 is 1.33 bits per heavy atom. The zero-order valence-electron chi connectivity index (χ0n) is 13.0. The summed E-state index contributed by atoms with van der Waals surface area (Å²) < 4.78 is 5.78. The van der Waals surface area contributed by atoms with E-state index in [0.717, 1.165) is 37.1 Å². The van der Waals surface area contributed by atoms with E-state index in [0.29, 0.717) is 6.04 Å². The van der Waals surface area contributed by atoms with Crippen molar-refractivity contribution >= 4 is 5.69 Å². The quantitative estimate of drug-likeness (QED) is 0.666. The van der Waals surface area contributed by atoms with Crippen molar-refractivity contribution in [2.24, 2.45) is 0 Å². The summed E-state index contributed by atoms with van der Waals surface area (Å²) in [5, 5.41) is 0. The van der Waals surface area contributed by atoms with Crippen molar-refractivity contribution in [1.82, 2.24) is 9.80 Å². The smallest absolute Gasteiger partial charge is 0.121 e. The van der Waals surface area contributed by atoms with Gasteiger partial charge in [0, 0.05) is 43.5 Å². The van der Waals surface area contributed by atoms with Crippen molar-refractivity contribution < 1.29 is 4.74 Å². The fourth-order valence-electron chi connectivity index (χ4n) is 3.62.